The number of benzene rings is 1. The van der Waals surface area contributed by atoms with Gasteiger partial charge in [-0.3, -0.25) is 9.69 Å². The maximum Gasteiger partial charge on any atom is 0.255 e. The van der Waals surface area contributed by atoms with Crippen LogP contribution in [0.25, 0.3) is 0 Å². The van der Waals surface area contributed by atoms with Crippen molar-refractivity contribution in [1.82, 2.24) is 9.80 Å². The zero-order chi connectivity index (χ0) is 13.8. The Morgan fingerprint density at radius 1 is 1.26 bits per heavy atom. The molecule has 0 atom stereocenters. The molecular weight excluding hydrogens is 374 g/mol. The van der Waals surface area contributed by atoms with Crippen LogP contribution in [-0.4, -0.2) is 48.4 Å². The van der Waals surface area contributed by atoms with Crippen molar-refractivity contribution < 1.29 is 4.79 Å². The van der Waals surface area contributed by atoms with E-state index >= 15 is 0 Å². The van der Waals surface area contributed by atoms with Crippen molar-refractivity contribution in [2.75, 3.05) is 32.7 Å². The molecule has 19 heavy (non-hydrogen) atoms. The average molecular weight is 387 g/mol. The molecule has 0 N–H and O–H groups in total. The fourth-order valence-corrected chi connectivity index (χ4v) is 3.26. The summed E-state index contributed by atoms with van der Waals surface area (Å²) in [5, 5.41) is 8.65. The van der Waals surface area contributed by atoms with Gasteiger partial charge in [-0.15, -0.1) is 0 Å². The van der Waals surface area contributed by atoms with Crippen molar-refractivity contribution in [2.45, 2.75) is 0 Å². The summed E-state index contributed by atoms with van der Waals surface area (Å²) in [4.78, 5) is 16.3. The Labute approximate surface area is 129 Å². The molecule has 1 saturated heterocycles. The lowest BCUT2D eigenvalue weighted by atomic mass is 10.2. The first-order chi connectivity index (χ1) is 9.11. The van der Waals surface area contributed by atoms with Gasteiger partial charge in [-0.1, -0.05) is 15.9 Å². The Kier molecular flexibility index (Phi) is 4.97. The lowest BCUT2D eigenvalue weighted by Crippen LogP contribution is -2.48. The summed E-state index contributed by atoms with van der Waals surface area (Å²) >= 11 is 6.79. The molecule has 0 spiro atoms. The van der Waals surface area contributed by atoms with E-state index in [1.54, 1.807) is 0 Å². The molecule has 0 bridgehead atoms. The number of rotatable bonds is 2. The molecule has 2 rings (SSSR count). The normalized spacial score (nSPS) is 16.2. The minimum Gasteiger partial charge on any atom is -0.336 e. The average Bonchev–Trinajstić information content (AvgIpc) is 2.39. The maximum absolute atomic E-state index is 12.4. The van der Waals surface area contributed by atoms with Crippen LogP contribution in [-0.2, 0) is 0 Å². The number of carbonyl (C=O) groups is 1. The first-order valence-electron chi connectivity index (χ1n) is 5.95. The van der Waals surface area contributed by atoms with Crippen molar-refractivity contribution >= 4 is 37.8 Å². The van der Waals surface area contributed by atoms with E-state index in [0.717, 1.165) is 22.0 Å². The van der Waals surface area contributed by atoms with Crippen molar-refractivity contribution in [3.8, 4) is 6.07 Å². The van der Waals surface area contributed by atoms with E-state index in [1.165, 1.54) is 0 Å². The predicted molar refractivity (Wildman–Crippen MR) is 79.8 cm³/mol. The molecule has 0 radical (unpaired) electrons. The minimum atomic E-state index is 0.0379. The summed E-state index contributed by atoms with van der Waals surface area (Å²) in [6.07, 6.45) is 0. The van der Waals surface area contributed by atoms with E-state index in [0.29, 0.717) is 25.2 Å². The van der Waals surface area contributed by atoms with E-state index in [9.17, 15) is 4.79 Å². The van der Waals surface area contributed by atoms with Crippen LogP contribution in [0, 0.1) is 11.3 Å². The van der Waals surface area contributed by atoms with Crippen molar-refractivity contribution in [3.63, 3.8) is 0 Å². The highest BCUT2D eigenvalue weighted by atomic mass is 79.9. The molecule has 4 nitrogen and oxygen atoms in total. The van der Waals surface area contributed by atoms with Gasteiger partial charge in [0.2, 0.25) is 0 Å². The van der Waals surface area contributed by atoms with Gasteiger partial charge in [0.15, 0.2) is 0 Å². The van der Waals surface area contributed by atoms with Crippen molar-refractivity contribution in [3.05, 3.63) is 32.7 Å². The Morgan fingerprint density at radius 2 is 1.95 bits per heavy atom. The van der Waals surface area contributed by atoms with Gasteiger partial charge in [0.1, 0.15) is 0 Å². The molecule has 1 fully saturated rings. The third-order valence-corrected chi connectivity index (χ3v) is 4.26. The predicted octanol–water partition coefficient (Wildman–Crippen LogP) is 2.49. The zero-order valence-electron chi connectivity index (χ0n) is 10.3. The fraction of sp³-hybridized carbons (Fsp3) is 0.385. The van der Waals surface area contributed by atoms with Crippen LogP contribution in [0.4, 0.5) is 0 Å². The van der Waals surface area contributed by atoms with Gasteiger partial charge in [0.25, 0.3) is 5.91 Å². The molecule has 0 saturated carbocycles. The second-order valence-electron chi connectivity index (χ2n) is 4.35. The molecule has 1 amide bonds. The van der Waals surface area contributed by atoms with Gasteiger partial charge < -0.3 is 4.90 Å². The molecule has 100 valence electrons. The zero-order valence-corrected chi connectivity index (χ0v) is 13.4. The van der Waals surface area contributed by atoms with Gasteiger partial charge in [0, 0.05) is 35.1 Å². The highest BCUT2D eigenvalue weighted by molar-refractivity contribution is 9.11. The molecule has 1 aliphatic heterocycles. The minimum absolute atomic E-state index is 0.0379. The Balaban J connectivity index is 2.03. The smallest absolute Gasteiger partial charge is 0.255 e. The van der Waals surface area contributed by atoms with Gasteiger partial charge in [0.05, 0.1) is 18.2 Å². The molecule has 0 aromatic heterocycles. The number of piperazine rings is 1. The summed E-state index contributed by atoms with van der Waals surface area (Å²) in [5.74, 6) is 0.0379. The molecular formula is C13H13Br2N3O. The number of halogens is 2. The van der Waals surface area contributed by atoms with Gasteiger partial charge in [-0.25, -0.2) is 0 Å². The van der Waals surface area contributed by atoms with Crippen LogP contribution in [0.3, 0.4) is 0 Å². The number of hydrogen-bond acceptors (Lipinski definition) is 3. The van der Waals surface area contributed by atoms with Crippen LogP contribution in [0.2, 0.25) is 0 Å². The first-order valence-corrected chi connectivity index (χ1v) is 7.54. The standard InChI is InChI=1S/C13H13Br2N3O/c14-10-1-2-11(12(15)9-10)13(19)18-7-5-17(4-3-16)6-8-18/h1-2,9H,4-8H2. The van der Waals surface area contributed by atoms with Crippen molar-refractivity contribution in [1.29, 1.82) is 5.26 Å². The lowest BCUT2D eigenvalue weighted by Gasteiger charge is -2.33. The fourth-order valence-electron chi connectivity index (χ4n) is 2.04. The van der Waals surface area contributed by atoms with Crippen LogP contribution in [0.15, 0.2) is 27.1 Å². The summed E-state index contributed by atoms with van der Waals surface area (Å²) < 4.78 is 1.74. The Bertz CT molecular complexity index is 519. The Morgan fingerprint density at radius 3 is 2.53 bits per heavy atom. The number of hydrogen-bond donors (Lipinski definition) is 0. The number of nitrogens with zero attached hydrogens (tertiary/aromatic N) is 3. The van der Waals surface area contributed by atoms with Gasteiger partial charge >= 0.3 is 0 Å². The number of carbonyl (C=O) groups excluding carboxylic acids is 1. The van der Waals surface area contributed by atoms with Crippen LogP contribution < -0.4 is 0 Å². The highest BCUT2D eigenvalue weighted by Crippen LogP contribution is 2.23. The highest BCUT2D eigenvalue weighted by Gasteiger charge is 2.23. The van der Waals surface area contributed by atoms with E-state index in [4.69, 9.17) is 5.26 Å². The molecule has 1 aromatic carbocycles. The lowest BCUT2D eigenvalue weighted by molar-refractivity contribution is 0.0651. The van der Waals surface area contributed by atoms with E-state index < -0.39 is 0 Å². The summed E-state index contributed by atoms with van der Waals surface area (Å²) in [7, 11) is 0. The first kappa shape index (κ1) is 14.5. The molecule has 6 heteroatoms. The molecule has 0 unspecified atom stereocenters. The Hall–Kier alpha value is -0.900. The molecule has 1 aromatic rings. The second kappa shape index (κ2) is 6.51. The van der Waals surface area contributed by atoms with Crippen LogP contribution in [0.5, 0.6) is 0 Å². The van der Waals surface area contributed by atoms with Crippen LogP contribution in [0.1, 0.15) is 10.4 Å². The third kappa shape index (κ3) is 3.56. The summed E-state index contributed by atoms with van der Waals surface area (Å²) in [6, 6.07) is 7.70. The topological polar surface area (TPSA) is 47.3 Å². The van der Waals surface area contributed by atoms with Crippen molar-refractivity contribution in [2.24, 2.45) is 0 Å². The quantitative estimate of drug-likeness (QED) is 0.733. The number of nitriles is 1. The summed E-state index contributed by atoms with van der Waals surface area (Å²) in [6.45, 7) is 3.29. The second-order valence-corrected chi connectivity index (χ2v) is 6.12. The van der Waals surface area contributed by atoms with E-state index in [-0.39, 0.29) is 5.91 Å². The summed E-state index contributed by atoms with van der Waals surface area (Å²) in [5.41, 5.74) is 0.678. The molecule has 1 aliphatic rings. The maximum atomic E-state index is 12.4. The number of amides is 1. The molecule has 0 aliphatic carbocycles. The van der Waals surface area contributed by atoms with E-state index in [2.05, 4.69) is 42.8 Å². The van der Waals surface area contributed by atoms with Crippen LogP contribution >= 0.6 is 31.9 Å². The van der Waals surface area contributed by atoms with Gasteiger partial charge in [-0.2, -0.15) is 5.26 Å². The SMILES string of the molecule is N#CCN1CCN(C(=O)c2ccc(Br)cc2Br)CC1. The van der Waals surface area contributed by atoms with E-state index in [1.807, 2.05) is 23.1 Å². The molecule has 1 heterocycles. The monoisotopic (exact) mass is 385 g/mol. The largest absolute Gasteiger partial charge is 0.336 e. The van der Waals surface area contributed by atoms with Gasteiger partial charge in [-0.05, 0) is 34.1 Å². The third-order valence-electron chi connectivity index (χ3n) is 3.12.